The van der Waals surface area contributed by atoms with Gasteiger partial charge in [-0.3, -0.25) is 14.8 Å². The molecule has 0 saturated carbocycles. The molecule has 1 N–H and O–H groups in total. The van der Waals surface area contributed by atoms with Gasteiger partial charge in [0.15, 0.2) is 0 Å². The lowest BCUT2D eigenvalue weighted by Crippen LogP contribution is -2.08. The predicted molar refractivity (Wildman–Crippen MR) is 66.2 cm³/mol. The quantitative estimate of drug-likeness (QED) is 0.489. The van der Waals surface area contributed by atoms with E-state index in [2.05, 4.69) is 15.6 Å². The fourth-order valence-corrected chi connectivity index (χ4v) is 1.63. The van der Waals surface area contributed by atoms with Crippen LogP contribution in [0.5, 0.6) is 0 Å². The van der Waals surface area contributed by atoms with Gasteiger partial charge in [0.05, 0.1) is 11.1 Å². The number of rotatable bonds is 6. The van der Waals surface area contributed by atoms with Crippen molar-refractivity contribution in [2.75, 3.05) is 11.9 Å². The second-order valence-corrected chi connectivity index (χ2v) is 3.87. The Balaban J connectivity index is 1.91. The molecule has 0 radical (unpaired) electrons. The maximum atomic E-state index is 13.1. The normalized spacial score (nSPS) is 10.4. The number of aromatic nitrogens is 3. The van der Waals surface area contributed by atoms with E-state index in [1.54, 1.807) is 17.1 Å². The third-order valence-electron chi connectivity index (χ3n) is 2.51. The van der Waals surface area contributed by atoms with Gasteiger partial charge in [-0.15, -0.1) is 5.10 Å². The first-order valence-corrected chi connectivity index (χ1v) is 5.69. The molecular weight excluding hydrogens is 253 g/mol. The van der Waals surface area contributed by atoms with Gasteiger partial charge in [0.2, 0.25) is 0 Å². The molecule has 0 atom stereocenters. The van der Waals surface area contributed by atoms with Crippen LogP contribution in [0.2, 0.25) is 0 Å². The molecule has 8 heteroatoms. The van der Waals surface area contributed by atoms with E-state index >= 15 is 0 Å². The van der Waals surface area contributed by atoms with Crippen molar-refractivity contribution in [3.05, 3.63) is 46.5 Å². The summed E-state index contributed by atoms with van der Waals surface area (Å²) in [5, 5.41) is 21.1. The van der Waals surface area contributed by atoms with Crippen LogP contribution in [0.4, 0.5) is 15.8 Å². The van der Waals surface area contributed by atoms with Crippen LogP contribution in [0, 0.1) is 15.9 Å². The van der Waals surface area contributed by atoms with Gasteiger partial charge in [-0.25, -0.2) is 4.39 Å². The van der Waals surface area contributed by atoms with Gasteiger partial charge >= 0.3 is 0 Å². The lowest BCUT2D eigenvalue weighted by atomic mass is 10.2. The highest BCUT2D eigenvalue weighted by molar-refractivity contribution is 5.61. The zero-order valence-electron chi connectivity index (χ0n) is 9.99. The topological polar surface area (TPSA) is 85.9 Å². The molecule has 19 heavy (non-hydrogen) atoms. The molecule has 0 unspecified atom stereocenters. The van der Waals surface area contributed by atoms with Crippen LogP contribution in [0.1, 0.15) is 6.42 Å². The molecular formula is C11H12FN5O2. The fourth-order valence-electron chi connectivity index (χ4n) is 1.63. The molecule has 0 saturated heterocycles. The van der Waals surface area contributed by atoms with Crippen molar-refractivity contribution in [1.29, 1.82) is 0 Å². The average molecular weight is 265 g/mol. The number of nitrogens with zero attached hydrogens (tertiary/aromatic N) is 4. The summed E-state index contributed by atoms with van der Waals surface area (Å²) in [6, 6.07) is 3.33. The maximum Gasteiger partial charge on any atom is 0.292 e. The molecule has 100 valence electrons. The Morgan fingerprint density at radius 3 is 3.00 bits per heavy atom. The lowest BCUT2D eigenvalue weighted by Gasteiger charge is -2.07. The summed E-state index contributed by atoms with van der Waals surface area (Å²) in [5.74, 6) is -0.510. The van der Waals surface area contributed by atoms with Crippen LogP contribution in [0.25, 0.3) is 0 Å². The molecule has 0 spiro atoms. The van der Waals surface area contributed by atoms with E-state index in [-0.39, 0.29) is 11.4 Å². The van der Waals surface area contributed by atoms with E-state index in [0.29, 0.717) is 19.5 Å². The van der Waals surface area contributed by atoms with E-state index < -0.39 is 10.7 Å². The molecule has 2 aromatic rings. The van der Waals surface area contributed by atoms with Crippen LogP contribution in [0.15, 0.2) is 30.6 Å². The summed E-state index contributed by atoms with van der Waals surface area (Å²) in [4.78, 5) is 10.2. The van der Waals surface area contributed by atoms with E-state index in [1.165, 1.54) is 0 Å². The highest BCUT2D eigenvalue weighted by atomic mass is 19.1. The molecule has 1 aromatic heterocycles. The van der Waals surface area contributed by atoms with Crippen LogP contribution >= 0.6 is 0 Å². The van der Waals surface area contributed by atoms with Gasteiger partial charge in [-0.05, 0) is 12.5 Å². The summed E-state index contributed by atoms with van der Waals surface area (Å²) >= 11 is 0. The third-order valence-corrected chi connectivity index (χ3v) is 2.51. The Morgan fingerprint density at radius 2 is 2.32 bits per heavy atom. The highest BCUT2D eigenvalue weighted by Gasteiger charge is 2.13. The minimum Gasteiger partial charge on any atom is -0.379 e. The second kappa shape index (κ2) is 5.89. The molecule has 0 bridgehead atoms. The number of anilines is 1. The minimum absolute atomic E-state index is 0.137. The summed E-state index contributed by atoms with van der Waals surface area (Å²) < 4.78 is 14.7. The number of aryl methyl sites for hydroxylation is 1. The summed E-state index contributed by atoms with van der Waals surface area (Å²) in [7, 11) is 0. The number of hydrogen-bond acceptors (Lipinski definition) is 5. The van der Waals surface area contributed by atoms with Crippen LogP contribution < -0.4 is 5.32 Å². The lowest BCUT2D eigenvalue weighted by molar-refractivity contribution is -0.384. The first kappa shape index (κ1) is 12.9. The van der Waals surface area contributed by atoms with Crippen molar-refractivity contribution in [3.63, 3.8) is 0 Å². The molecule has 0 aliphatic rings. The third kappa shape index (κ3) is 3.47. The molecule has 0 amide bonds. The highest BCUT2D eigenvalue weighted by Crippen LogP contribution is 2.24. The number of hydrogen-bond donors (Lipinski definition) is 1. The number of nitro groups is 1. The molecule has 1 aromatic carbocycles. The van der Waals surface area contributed by atoms with E-state index in [0.717, 1.165) is 18.2 Å². The van der Waals surface area contributed by atoms with Gasteiger partial charge in [0.1, 0.15) is 11.5 Å². The van der Waals surface area contributed by atoms with Crippen LogP contribution in [0.3, 0.4) is 0 Å². The number of nitro benzene ring substituents is 1. The first-order chi connectivity index (χ1) is 9.16. The van der Waals surface area contributed by atoms with Crippen molar-refractivity contribution in [3.8, 4) is 0 Å². The Morgan fingerprint density at radius 1 is 1.47 bits per heavy atom. The first-order valence-electron chi connectivity index (χ1n) is 5.69. The second-order valence-electron chi connectivity index (χ2n) is 3.87. The maximum absolute atomic E-state index is 13.1. The predicted octanol–water partition coefficient (Wildman–Crippen LogP) is 1.83. The molecule has 0 aliphatic carbocycles. The van der Waals surface area contributed by atoms with Crippen molar-refractivity contribution >= 4 is 11.4 Å². The fraction of sp³-hybridized carbons (Fsp3) is 0.273. The number of halogens is 1. The summed E-state index contributed by atoms with van der Waals surface area (Å²) in [5.41, 5.74) is 0.0470. The van der Waals surface area contributed by atoms with Crippen molar-refractivity contribution < 1.29 is 9.31 Å². The number of nitrogens with one attached hydrogen (secondary N) is 1. The molecule has 0 fully saturated rings. The smallest absolute Gasteiger partial charge is 0.292 e. The standard InChI is InChI=1S/C11H12FN5O2/c12-9-2-3-11(17(18)19)10(8-9)13-4-1-6-16-7-5-14-15-16/h2-3,5,7-8,13H,1,4,6H2. The zero-order valence-corrected chi connectivity index (χ0v) is 9.99. The summed E-state index contributed by atoms with van der Waals surface area (Å²) in [6.45, 7) is 1.11. The van der Waals surface area contributed by atoms with Gasteiger partial charge in [0.25, 0.3) is 5.69 Å². The molecule has 2 rings (SSSR count). The van der Waals surface area contributed by atoms with Crippen LogP contribution in [-0.4, -0.2) is 26.5 Å². The minimum atomic E-state index is -0.542. The SMILES string of the molecule is O=[N+]([O-])c1ccc(F)cc1NCCCn1ccnn1. The van der Waals surface area contributed by atoms with Gasteiger partial charge in [0, 0.05) is 31.4 Å². The average Bonchev–Trinajstić information content (AvgIpc) is 2.87. The Labute approximate surface area is 108 Å². The number of benzene rings is 1. The Hall–Kier alpha value is -2.51. The van der Waals surface area contributed by atoms with Gasteiger partial charge in [-0.2, -0.15) is 0 Å². The van der Waals surface area contributed by atoms with E-state index in [9.17, 15) is 14.5 Å². The Kier molecular flexibility index (Phi) is 4.01. The monoisotopic (exact) mass is 265 g/mol. The Bertz CT molecular complexity index is 558. The molecule has 7 nitrogen and oxygen atoms in total. The van der Waals surface area contributed by atoms with Gasteiger partial charge in [-0.1, -0.05) is 5.21 Å². The van der Waals surface area contributed by atoms with Crippen LogP contribution in [-0.2, 0) is 6.54 Å². The largest absolute Gasteiger partial charge is 0.379 e. The van der Waals surface area contributed by atoms with E-state index in [4.69, 9.17) is 0 Å². The van der Waals surface area contributed by atoms with Crippen molar-refractivity contribution in [1.82, 2.24) is 15.0 Å². The molecule has 0 aliphatic heterocycles. The molecule has 1 heterocycles. The van der Waals surface area contributed by atoms with Crippen molar-refractivity contribution in [2.45, 2.75) is 13.0 Å². The van der Waals surface area contributed by atoms with Gasteiger partial charge < -0.3 is 5.32 Å². The van der Waals surface area contributed by atoms with Crippen molar-refractivity contribution in [2.24, 2.45) is 0 Å². The zero-order chi connectivity index (χ0) is 13.7. The summed E-state index contributed by atoms with van der Waals surface area (Å²) in [6.07, 6.45) is 3.99. The van der Waals surface area contributed by atoms with E-state index in [1.807, 2.05) is 0 Å².